The molecule has 78 valence electrons. The number of hydrogen-bond acceptors (Lipinski definition) is 1. The molecule has 16 heavy (non-hydrogen) atoms. The molecule has 1 aliphatic heterocycles. The summed E-state index contributed by atoms with van der Waals surface area (Å²) in [6.07, 6.45) is 2.04. The first-order valence-corrected chi connectivity index (χ1v) is 5.70. The van der Waals surface area contributed by atoms with Crippen molar-refractivity contribution in [2.45, 2.75) is 12.8 Å². The molecule has 1 heterocycles. The van der Waals surface area contributed by atoms with Crippen LogP contribution < -0.4 is 10.9 Å². The van der Waals surface area contributed by atoms with Crippen LogP contribution in [0.15, 0.2) is 48.5 Å². The molecule has 1 N–H and O–H groups in total. The van der Waals surface area contributed by atoms with Crippen LogP contribution in [0.3, 0.4) is 0 Å². The fourth-order valence-electron chi connectivity index (χ4n) is 2.49. The van der Waals surface area contributed by atoms with Gasteiger partial charge in [-0.1, -0.05) is 59.7 Å². The van der Waals surface area contributed by atoms with Crippen molar-refractivity contribution in [1.82, 2.24) is 0 Å². The lowest BCUT2D eigenvalue weighted by atomic mass is 9.54. The number of benzene rings is 2. The van der Waals surface area contributed by atoms with Gasteiger partial charge in [0, 0.05) is 0 Å². The molecule has 0 aromatic heterocycles. The molecule has 0 saturated carbocycles. The van der Waals surface area contributed by atoms with Crippen molar-refractivity contribution >= 4 is 17.8 Å². The molecule has 0 saturated heterocycles. The lowest BCUT2D eigenvalue weighted by Gasteiger charge is -2.09. The Balaban J connectivity index is 2.18. The quantitative estimate of drug-likeness (QED) is 0.637. The van der Waals surface area contributed by atoms with E-state index in [1.807, 2.05) is 36.4 Å². The first-order valence-electron chi connectivity index (χ1n) is 5.70. The zero-order valence-corrected chi connectivity index (χ0v) is 9.06. The van der Waals surface area contributed by atoms with Crippen molar-refractivity contribution in [1.29, 1.82) is 0 Å². The second-order valence-corrected chi connectivity index (χ2v) is 4.30. The van der Waals surface area contributed by atoms with E-state index in [0.717, 1.165) is 23.8 Å². The van der Waals surface area contributed by atoms with Gasteiger partial charge in [0.1, 0.15) is 0 Å². The van der Waals surface area contributed by atoms with E-state index >= 15 is 0 Å². The van der Waals surface area contributed by atoms with Crippen molar-refractivity contribution in [3.8, 4) is 0 Å². The lowest BCUT2D eigenvalue weighted by Crippen LogP contribution is -2.43. The Kier molecular flexibility index (Phi) is 2.30. The summed E-state index contributed by atoms with van der Waals surface area (Å²) < 4.78 is 0. The second kappa shape index (κ2) is 3.80. The van der Waals surface area contributed by atoms with Crippen LogP contribution in [0.25, 0.3) is 0 Å². The Bertz CT molecular complexity index is 474. The molecule has 1 nitrogen and oxygen atoms in total. The minimum atomic E-state index is -0.463. The molecule has 1 aliphatic rings. The Labute approximate surface area is 95.9 Å². The maximum absolute atomic E-state index is 10.4. The molecule has 0 atom stereocenters. The average molecular weight is 208 g/mol. The van der Waals surface area contributed by atoms with E-state index in [4.69, 9.17) is 0 Å². The summed E-state index contributed by atoms with van der Waals surface area (Å²) in [5, 5.41) is 10.4. The topological polar surface area (TPSA) is 20.2 Å². The first kappa shape index (κ1) is 9.67. The fourth-order valence-corrected chi connectivity index (χ4v) is 2.49. The highest BCUT2D eigenvalue weighted by atomic mass is 16.2. The van der Waals surface area contributed by atoms with Crippen LogP contribution in [-0.4, -0.2) is 11.9 Å². The van der Waals surface area contributed by atoms with Gasteiger partial charge in [0.2, 0.25) is 0 Å². The lowest BCUT2D eigenvalue weighted by molar-refractivity contribution is 0.600. The molecular weight excluding hydrogens is 195 g/mol. The van der Waals surface area contributed by atoms with Crippen LogP contribution in [0, 0.1) is 0 Å². The predicted octanol–water partition coefficient (Wildman–Crippen LogP) is 0.883. The monoisotopic (exact) mass is 208 g/mol. The van der Waals surface area contributed by atoms with Gasteiger partial charge in [-0.25, -0.2) is 0 Å². The third-order valence-corrected chi connectivity index (χ3v) is 3.36. The Morgan fingerprint density at radius 3 is 1.69 bits per heavy atom. The summed E-state index contributed by atoms with van der Waals surface area (Å²) in [6.45, 7) is -0.463. The van der Waals surface area contributed by atoms with Crippen LogP contribution in [0.4, 0.5) is 0 Å². The largest absolute Gasteiger partial charge is 0.443 e. The highest BCUT2D eigenvalue weighted by Crippen LogP contribution is 2.10. The number of hydrogen-bond donors (Lipinski definition) is 1. The van der Waals surface area contributed by atoms with Gasteiger partial charge in [0.05, 0.1) is 0 Å². The van der Waals surface area contributed by atoms with Crippen molar-refractivity contribution in [3.63, 3.8) is 0 Å². The summed E-state index contributed by atoms with van der Waals surface area (Å²) in [5.74, 6) is 0. The van der Waals surface area contributed by atoms with Crippen molar-refractivity contribution < 1.29 is 5.02 Å². The van der Waals surface area contributed by atoms with Crippen LogP contribution >= 0.6 is 0 Å². The van der Waals surface area contributed by atoms with E-state index in [-0.39, 0.29) is 0 Å². The normalized spacial score (nSPS) is 13.9. The number of rotatable bonds is 0. The Morgan fingerprint density at radius 2 is 1.19 bits per heavy atom. The van der Waals surface area contributed by atoms with E-state index < -0.39 is 6.92 Å². The molecular formula is C14H13BO. The van der Waals surface area contributed by atoms with Gasteiger partial charge >= 0.3 is 6.92 Å². The Morgan fingerprint density at radius 1 is 0.750 bits per heavy atom. The first-order chi connectivity index (χ1) is 7.86. The highest BCUT2D eigenvalue weighted by molar-refractivity contribution is 6.79. The third kappa shape index (κ3) is 1.46. The number of aryl methyl sites for hydroxylation is 2. The summed E-state index contributed by atoms with van der Waals surface area (Å²) in [5.41, 5.74) is 4.66. The molecule has 0 unspecified atom stereocenters. The van der Waals surface area contributed by atoms with Crippen LogP contribution in [0.1, 0.15) is 11.1 Å². The van der Waals surface area contributed by atoms with Gasteiger partial charge in [-0.15, -0.1) is 0 Å². The van der Waals surface area contributed by atoms with Crippen LogP contribution in [0.2, 0.25) is 0 Å². The molecule has 2 aromatic rings. The van der Waals surface area contributed by atoms with Gasteiger partial charge in [0.25, 0.3) is 0 Å². The smallest absolute Gasteiger partial charge is 0.359 e. The average Bonchev–Trinajstić information content (AvgIpc) is 2.49. The minimum Gasteiger partial charge on any atom is -0.443 e. The number of fused-ring (bicyclic) bond motifs is 2. The standard InChI is InChI=1S/C14H13BO/c16-15-13-7-3-1-5-11(13)9-10-12-6-2-4-8-14(12)15/h1-8,16H,9-10H2. The van der Waals surface area contributed by atoms with E-state index in [0.29, 0.717) is 0 Å². The maximum Gasteiger partial charge on any atom is 0.359 e. The van der Waals surface area contributed by atoms with E-state index in [1.54, 1.807) is 0 Å². The molecule has 0 spiro atoms. The summed E-state index contributed by atoms with van der Waals surface area (Å²) in [7, 11) is 0. The zero-order valence-electron chi connectivity index (χ0n) is 9.06. The molecule has 2 aromatic carbocycles. The van der Waals surface area contributed by atoms with Crippen molar-refractivity contribution in [2.24, 2.45) is 0 Å². The summed E-state index contributed by atoms with van der Waals surface area (Å²) >= 11 is 0. The molecule has 3 rings (SSSR count). The van der Waals surface area contributed by atoms with Crippen LogP contribution in [0.5, 0.6) is 0 Å². The molecule has 0 amide bonds. The molecule has 0 bridgehead atoms. The van der Waals surface area contributed by atoms with Gasteiger partial charge in [-0.2, -0.15) is 0 Å². The zero-order chi connectivity index (χ0) is 11.0. The molecule has 0 radical (unpaired) electrons. The van der Waals surface area contributed by atoms with Gasteiger partial charge in [0.15, 0.2) is 0 Å². The molecule has 0 aliphatic carbocycles. The SMILES string of the molecule is OB1c2ccccc2CCc2ccccc21. The van der Waals surface area contributed by atoms with Crippen molar-refractivity contribution in [2.75, 3.05) is 0 Å². The van der Waals surface area contributed by atoms with Gasteiger partial charge < -0.3 is 5.02 Å². The van der Waals surface area contributed by atoms with Crippen LogP contribution in [-0.2, 0) is 12.8 Å². The maximum atomic E-state index is 10.4. The van der Waals surface area contributed by atoms with E-state index in [2.05, 4.69) is 12.1 Å². The van der Waals surface area contributed by atoms with E-state index in [9.17, 15) is 5.02 Å². The molecule has 0 fully saturated rings. The predicted molar refractivity (Wildman–Crippen MR) is 67.5 cm³/mol. The van der Waals surface area contributed by atoms with Crippen molar-refractivity contribution in [3.05, 3.63) is 59.7 Å². The van der Waals surface area contributed by atoms with Gasteiger partial charge in [-0.3, -0.25) is 0 Å². The van der Waals surface area contributed by atoms with E-state index in [1.165, 1.54) is 11.1 Å². The Hall–Kier alpha value is -1.54. The molecule has 2 heteroatoms. The van der Waals surface area contributed by atoms with Gasteiger partial charge in [-0.05, 0) is 23.8 Å². The highest BCUT2D eigenvalue weighted by Gasteiger charge is 2.24. The summed E-state index contributed by atoms with van der Waals surface area (Å²) in [4.78, 5) is 0. The summed E-state index contributed by atoms with van der Waals surface area (Å²) in [6, 6.07) is 16.4. The second-order valence-electron chi connectivity index (χ2n) is 4.30. The fraction of sp³-hybridized carbons (Fsp3) is 0.143. The minimum absolute atomic E-state index is 0.463. The third-order valence-electron chi connectivity index (χ3n) is 3.36.